The van der Waals surface area contributed by atoms with Crippen LogP contribution in [0, 0.1) is 0 Å². The third-order valence-electron chi connectivity index (χ3n) is 3.46. The van der Waals surface area contributed by atoms with E-state index >= 15 is 0 Å². The number of ether oxygens (including phenoxy) is 2. The van der Waals surface area contributed by atoms with Gasteiger partial charge in [-0.15, -0.1) is 0 Å². The zero-order valence-electron chi connectivity index (χ0n) is 13.1. The summed E-state index contributed by atoms with van der Waals surface area (Å²) in [4.78, 5) is 11.9. The van der Waals surface area contributed by atoms with E-state index in [9.17, 15) is 13.6 Å². The van der Waals surface area contributed by atoms with Crippen molar-refractivity contribution in [2.45, 2.75) is 6.61 Å². The van der Waals surface area contributed by atoms with E-state index in [1.165, 1.54) is 24.3 Å². The number of carbonyl (C=O) groups excluding carboxylic acids is 1. The summed E-state index contributed by atoms with van der Waals surface area (Å²) >= 11 is 0. The Labute approximate surface area is 143 Å². The molecule has 0 saturated carbocycles. The van der Waals surface area contributed by atoms with Gasteiger partial charge >= 0.3 is 12.6 Å². The standard InChI is InChI=1S/C20H14F2O3/c21-20(22)25-17-9-5-14(6-10-17)7-12-19(23)24-18-11-8-15-3-1-2-4-16(15)13-18/h1-13,20H/b12-7+. The summed E-state index contributed by atoms with van der Waals surface area (Å²) < 4.78 is 33.7. The summed E-state index contributed by atoms with van der Waals surface area (Å²) in [6.45, 7) is -2.86. The molecule has 0 unspecified atom stereocenters. The molecule has 0 aliphatic heterocycles. The highest BCUT2D eigenvalue weighted by atomic mass is 19.3. The van der Waals surface area contributed by atoms with Crippen molar-refractivity contribution in [3.05, 3.63) is 78.4 Å². The van der Waals surface area contributed by atoms with Crippen LogP contribution in [0.25, 0.3) is 16.8 Å². The molecule has 5 heteroatoms. The molecule has 0 spiro atoms. The first-order valence-corrected chi connectivity index (χ1v) is 7.54. The number of hydrogen-bond acceptors (Lipinski definition) is 3. The van der Waals surface area contributed by atoms with Crippen molar-refractivity contribution in [2.24, 2.45) is 0 Å². The average Bonchev–Trinajstić information content (AvgIpc) is 2.60. The second-order valence-electron chi connectivity index (χ2n) is 5.21. The Morgan fingerprint density at radius 2 is 1.56 bits per heavy atom. The molecular weight excluding hydrogens is 326 g/mol. The van der Waals surface area contributed by atoms with Crippen molar-refractivity contribution in [3.63, 3.8) is 0 Å². The molecule has 0 saturated heterocycles. The van der Waals surface area contributed by atoms with E-state index < -0.39 is 12.6 Å². The van der Waals surface area contributed by atoms with E-state index in [4.69, 9.17) is 4.74 Å². The number of carbonyl (C=O) groups is 1. The SMILES string of the molecule is O=C(/C=C/c1ccc(OC(F)F)cc1)Oc1ccc2ccccc2c1. The highest BCUT2D eigenvalue weighted by Crippen LogP contribution is 2.21. The van der Waals surface area contributed by atoms with Gasteiger partial charge in [0.05, 0.1) is 0 Å². The van der Waals surface area contributed by atoms with Crippen molar-refractivity contribution < 1.29 is 23.0 Å². The van der Waals surface area contributed by atoms with Gasteiger partial charge in [-0.2, -0.15) is 8.78 Å². The quantitative estimate of drug-likeness (QED) is 0.370. The minimum atomic E-state index is -2.86. The molecule has 0 aromatic heterocycles. The Morgan fingerprint density at radius 1 is 0.880 bits per heavy atom. The van der Waals surface area contributed by atoms with E-state index in [2.05, 4.69) is 4.74 Å². The van der Waals surface area contributed by atoms with Crippen LogP contribution in [-0.2, 0) is 4.79 Å². The highest BCUT2D eigenvalue weighted by molar-refractivity contribution is 5.90. The number of benzene rings is 3. The van der Waals surface area contributed by atoms with Crippen LogP contribution in [0.3, 0.4) is 0 Å². The van der Waals surface area contributed by atoms with Crippen LogP contribution in [0.2, 0.25) is 0 Å². The highest BCUT2D eigenvalue weighted by Gasteiger charge is 2.04. The molecule has 25 heavy (non-hydrogen) atoms. The second-order valence-corrected chi connectivity index (χ2v) is 5.21. The Morgan fingerprint density at radius 3 is 2.28 bits per heavy atom. The molecule has 0 N–H and O–H groups in total. The van der Waals surface area contributed by atoms with Gasteiger partial charge in [-0.05, 0) is 46.7 Å². The normalized spacial score (nSPS) is 11.2. The van der Waals surface area contributed by atoms with Gasteiger partial charge in [-0.25, -0.2) is 4.79 Å². The van der Waals surface area contributed by atoms with Crippen molar-refractivity contribution >= 4 is 22.8 Å². The predicted octanol–water partition coefficient (Wildman–Crippen LogP) is 5.06. The van der Waals surface area contributed by atoms with Crippen LogP contribution >= 0.6 is 0 Å². The number of esters is 1. The lowest BCUT2D eigenvalue weighted by atomic mass is 10.1. The van der Waals surface area contributed by atoms with Gasteiger partial charge in [0.15, 0.2) is 0 Å². The molecule has 0 amide bonds. The van der Waals surface area contributed by atoms with Gasteiger partial charge in [0, 0.05) is 6.08 Å². The first kappa shape index (κ1) is 16.6. The summed E-state index contributed by atoms with van der Waals surface area (Å²) in [5, 5.41) is 2.04. The molecule has 3 nitrogen and oxygen atoms in total. The van der Waals surface area contributed by atoms with Gasteiger partial charge in [0.25, 0.3) is 0 Å². The molecule has 0 aliphatic rings. The van der Waals surface area contributed by atoms with Crippen LogP contribution in [0.4, 0.5) is 8.78 Å². The summed E-state index contributed by atoms with van der Waals surface area (Å²) in [7, 11) is 0. The second kappa shape index (κ2) is 7.57. The number of alkyl halides is 2. The maximum atomic E-state index is 12.1. The van der Waals surface area contributed by atoms with Crippen molar-refractivity contribution in [3.8, 4) is 11.5 Å². The molecule has 0 bridgehead atoms. The summed E-state index contributed by atoms with van der Waals surface area (Å²) in [5.74, 6) is -0.0110. The Balaban J connectivity index is 1.63. The summed E-state index contributed by atoms with van der Waals surface area (Å²) in [6, 6.07) is 19.1. The van der Waals surface area contributed by atoms with E-state index in [-0.39, 0.29) is 5.75 Å². The van der Waals surface area contributed by atoms with E-state index in [1.807, 2.05) is 30.3 Å². The van der Waals surface area contributed by atoms with Gasteiger partial charge in [-0.3, -0.25) is 0 Å². The smallest absolute Gasteiger partial charge is 0.387 e. The maximum Gasteiger partial charge on any atom is 0.387 e. The van der Waals surface area contributed by atoms with Crippen LogP contribution in [0.15, 0.2) is 72.8 Å². The van der Waals surface area contributed by atoms with Gasteiger partial charge < -0.3 is 9.47 Å². The third kappa shape index (κ3) is 4.64. The summed E-state index contributed by atoms with van der Waals surface area (Å²) in [6.07, 6.45) is 2.81. The van der Waals surface area contributed by atoms with Crippen LogP contribution < -0.4 is 9.47 Å². The lowest BCUT2D eigenvalue weighted by Crippen LogP contribution is -2.03. The third-order valence-corrected chi connectivity index (χ3v) is 3.46. The zero-order chi connectivity index (χ0) is 17.6. The van der Waals surface area contributed by atoms with Crippen LogP contribution in [0.1, 0.15) is 5.56 Å². The molecule has 0 atom stereocenters. The first-order chi connectivity index (χ1) is 12.1. The largest absolute Gasteiger partial charge is 0.435 e. The fourth-order valence-corrected chi connectivity index (χ4v) is 2.31. The minimum absolute atomic E-state index is 0.0610. The molecule has 0 aliphatic carbocycles. The average molecular weight is 340 g/mol. The molecule has 3 aromatic carbocycles. The Bertz CT molecular complexity index is 902. The lowest BCUT2D eigenvalue weighted by Gasteiger charge is -2.04. The molecule has 0 radical (unpaired) electrons. The lowest BCUT2D eigenvalue weighted by molar-refractivity contribution is -0.128. The molecular formula is C20H14F2O3. The minimum Gasteiger partial charge on any atom is -0.435 e. The van der Waals surface area contributed by atoms with E-state index in [1.54, 1.807) is 24.3 Å². The van der Waals surface area contributed by atoms with Crippen LogP contribution in [-0.4, -0.2) is 12.6 Å². The fourth-order valence-electron chi connectivity index (χ4n) is 2.31. The predicted molar refractivity (Wildman–Crippen MR) is 91.7 cm³/mol. The molecule has 3 aromatic rings. The fraction of sp³-hybridized carbons (Fsp3) is 0.0500. The van der Waals surface area contributed by atoms with Gasteiger partial charge in [-0.1, -0.05) is 42.5 Å². The maximum absolute atomic E-state index is 12.1. The van der Waals surface area contributed by atoms with Gasteiger partial charge in [0.2, 0.25) is 0 Å². The Hall–Kier alpha value is -3.21. The summed E-state index contributed by atoms with van der Waals surface area (Å²) in [5.41, 5.74) is 0.664. The monoisotopic (exact) mass is 340 g/mol. The zero-order valence-corrected chi connectivity index (χ0v) is 13.1. The Kier molecular flexibility index (Phi) is 5.04. The number of halogens is 2. The molecule has 3 rings (SSSR count). The topological polar surface area (TPSA) is 35.5 Å². The van der Waals surface area contributed by atoms with Crippen LogP contribution in [0.5, 0.6) is 11.5 Å². The molecule has 126 valence electrons. The van der Waals surface area contributed by atoms with Crippen molar-refractivity contribution in [1.82, 2.24) is 0 Å². The first-order valence-electron chi connectivity index (χ1n) is 7.54. The molecule has 0 heterocycles. The van der Waals surface area contributed by atoms with Crippen molar-refractivity contribution in [2.75, 3.05) is 0 Å². The van der Waals surface area contributed by atoms with Gasteiger partial charge in [0.1, 0.15) is 11.5 Å². The van der Waals surface area contributed by atoms with E-state index in [0.717, 1.165) is 10.8 Å². The number of rotatable bonds is 5. The number of fused-ring (bicyclic) bond motifs is 1. The number of hydrogen-bond donors (Lipinski definition) is 0. The van der Waals surface area contributed by atoms with E-state index in [0.29, 0.717) is 11.3 Å². The molecule has 0 fully saturated rings. The van der Waals surface area contributed by atoms with Crippen molar-refractivity contribution in [1.29, 1.82) is 0 Å².